The van der Waals surface area contributed by atoms with E-state index in [1.54, 1.807) is 0 Å². The molecule has 0 fully saturated rings. The van der Waals surface area contributed by atoms with Crippen LogP contribution in [-0.4, -0.2) is 9.97 Å². The van der Waals surface area contributed by atoms with E-state index in [1.807, 2.05) is 0 Å². The molecule has 2 aromatic rings. The third kappa shape index (κ3) is 1.67. The molecule has 0 amide bonds. The Morgan fingerprint density at radius 1 is 1.36 bits per heavy atom. The lowest BCUT2D eigenvalue weighted by Gasteiger charge is -2.03. The third-order valence-corrected chi connectivity index (χ3v) is 2.65. The smallest absolute Gasteiger partial charge is 0.250 e. The van der Waals surface area contributed by atoms with E-state index in [1.165, 1.54) is 0 Å². The maximum Gasteiger partial charge on any atom is 0.433 e. The minimum atomic E-state index is -4.44. The molecule has 2 aromatic heterocycles. The van der Waals surface area contributed by atoms with E-state index >= 15 is 0 Å². The molecule has 2 nitrogen and oxygen atoms in total. The molecule has 0 saturated heterocycles. The Morgan fingerprint density at radius 3 is 2.71 bits per heavy atom. The molecule has 14 heavy (non-hydrogen) atoms. The zero-order chi connectivity index (χ0) is 10.3. The number of hydrogen-bond acceptors (Lipinski definition) is 3. The summed E-state index contributed by atoms with van der Waals surface area (Å²) in [7, 11) is 0. The van der Waals surface area contributed by atoms with Crippen molar-refractivity contribution in [2.75, 3.05) is 0 Å². The normalized spacial score (nSPS) is 12.3. The monoisotopic (exact) mass is 238 g/mol. The fraction of sp³-hybridized carbons (Fsp3) is 0.143. The first kappa shape index (κ1) is 9.67. The number of hydrogen-bond donors (Lipinski definition) is 0. The number of nitrogens with zero attached hydrogens (tertiary/aromatic N) is 2. The van der Waals surface area contributed by atoms with Crippen molar-refractivity contribution >= 4 is 33.2 Å². The molecule has 0 radical (unpaired) electrons. The van der Waals surface area contributed by atoms with E-state index in [2.05, 4.69) is 9.97 Å². The zero-order valence-corrected chi connectivity index (χ0v) is 8.04. The first-order chi connectivity index (χ1) is 6.47. The van der Waals surface area contributed by atoms with Gasteiger partial charge in [0.2, 0.25) is 0 Å². The van der Waals surface area contributed by atoms with E-state index in [-0.39, 0.29) is 9.98 Å². The second kappa shape index (κ2) is 3.06. The Kier molecular flexibility index (Phi) is 2.11. The highest BCUT2D eigenvalue weighted by molar-refractivity contribution is 7.22. The van der Waals surface area contributed by atoms with Crippen LogP contribution in [0.25, 0.3) is 10.2 Å². The van der Waals surface area contributed by atoms with Gasteiger partial charge in [0.15, 0.2) is 4.47 Å². The lowest BCUT2D eigenvalue weighted by molar-refractivity contribution is -0.141. The second-order valence-electron chi connectivity index (χ2n) is 2.50. The molecule has 7 heteroatoms. The quantitative estimate of drug-likeness (QED) is 0.703. The standard InChI is InChI=1S/C7H2ClF3N2S/c8-6-13-3-1-5(7(9,10)11)12-2-4(3)14-6/h1-2H. The van der Waals surface area contributed by atoms with E-state index in [0.29, 0.717) is 4.70 Å². The molecule has 0 unspecified atom stereocenters. The van der Waals surface area contributed by atoms with Gasteiger partial charge in [0, 0.05) is 6.20 Å². The number of halogens is 4. The van der Waals surface area contributed by atoms with Crippen molar-refractivity contribution in [3.05, 3.63) is 22.4 Å². The predicted molar refractivity (Wildman–Crippen MR) is 47.4 cm³/mol. The van der Waals surface area contributed by atoms with Crippen LogP contribution in [0.3, 0.4) is 0 Å². The van der Waals surface area contributed by atoms with Crippen LogP contribution in [0, 0.1) is 0 Å². The average Bonchev–Trinajstić information content (AvgIpc) is 2.41. The van der Waals surface area contributed by atoms with Crippen molar-refractivity contribution in [2.45, 2.75) is 6.18 Å². The van der Waals surface area contributed by atoms with Gasteiger partial charge in [-0.25, -0.2) is 4.98 Å². The Morgan fingerprint density at radius 2 is 2.07 bits per heavy atom. The summed E-state index contributed by atoms with van der Waals surface area (Å²) in [5.41, 5.74) is -0.728. The van der Waals surface area contributed by atoms with Crippen molar-refractivity contribution in [3.8, 4) is 0 Å². The molecule has 0 aliphatic carbocycles. The Hall–Kier alpha value is -0.880. The van der Waals surface area contributed by atoms with E-state index < -0.39 is 11.9 Å². The van der Waals surface area contributed by atoms with Crippen LogP contribution in [0.1, 0.15) is 5.69 Å². The number of fused-ring (bicyclic) bond motifs is 1. The van der Waals surface area contributed by atoms with Crippen LogP contribution in [0.2, 0.25) is 4.47 Å². The molecule has 0 N–H and O–H groups in total. The summed E-state index contributed by atoms with van der Waals surface area (Å²) < 4.78 is 37.4. The molecule has 0 saturated carbocycles. The summed E-state index contributed by atoms with van der Waals surface area (Å²) in [5.74, 6) is 0. The van der Waals surface area contributed by atoms with E-state index in [4.69, 9.17) is 11.6 Å². The summed E-state index contributed by atoms with van der Waals surface area (Å²) in [5, 5.41) is 0. The first-order valence-corrected chi connectivity index (χ1v) is 4.65. The molecular weight excluding hydrogens is 237 g/mol. The van der Waals surface area contributed by atoms with Crippen molar-refractivity contribution in [1.82, 2.24) is 9.97 Å². The van der Waals surface area contributed by atoms with Crippen LogP contribution in [0.5, 0.6) is 0 Å². The van der Waals surface area contributed by atoms with Gasteiger partial charge in [-0.2, -0.15) is 13.2 Å². The van der Waals surface area contributed by atoms with Crippen LogP contribution in [-0.2, 0) is 6.18 Å². The fourth-order valence-electron chi connectivity index (χ4n) is 0.961. The predicted octanol–water partition coefficient (Wildman–Crippen LogP) is 3.36. The number of aromatic nitrogens is 2. The van der Waals surface area contributed by atoms with Gasteiger partial charge in [0.05, 0.1) is 10.2 Å². The second-order valence-corrected chi connectivity index (χ2v) is 4.11. The van der Waals surface area contributed by atoms with Crippen molar-refractivity contribution in [1.29, 1.82) is 0 Å². The van der Waals surface area contributed by atoms with Crippen LogP contribution in [0.15, 0.2) is 12.3 Å². The molecule has 2 rings (SSSR count). The van der Waals surface area contributed by atoms with E-state index in [9.17, 15) is 13.2 Å². The molecule has 0 aliphatic heterocycles. The Bertz CT molecular complexity index is 479. The number of pyridine rings is 1. The van der Waals surface area contributed by atoms with Gasteiger partial charge >= 0.3 is 6.18 Å². The average molecular weight is 239 g/mol. The van der Waals surface area contributed by atoms with Gasteiger partial charge in [-0.3, -0.25) is 4.98 Å². The number of thiazole rings is 1. The van der Waals surface area contributed by atoms with Gasteiger partial charge in [-0.1, -0.05) is 11.6 Å². The number of rotatable bonds is 0. The molecule has 0 atom stereocenters. The molecule has 0 bridgehead atoms. The van der Waals surface area contributed by atoms with Gasteiger partial charge in [-0.05, 0) is 6.07 Å². The molecule has 0 aliphatic rings. The summed E-state index contributed by atoms with van der Waals surface area (Å²) in [6.07, 6.45) is -3.31. The Labute approximate surface area is 85.4 Å². The van der Waals surface area contributed by atoms with Crippen LogP contribution < -0.4 is 0 Å². The highest BCUT2D eigenvalue weighted by Crippen LogP contribution is 2.31. The highest BCUT2D eigenvalue weighted by Gasteiger charge is 2.32. The summed E-state index contributed by atoms with van der Waals surface area (Å²) in [6.45, 7) is 0. The van der Waals surface area contributed by atoms with Gasteiger partial charge in [-0.15, -0.1) is 11.3 Å². The molecule has 0 spiro atoms. The van der Waals surface area contributed by atoms with Crippen LogP contribution in [0.4, 0.5) is 13.2 Å². The van der Waals surface area contributed by atoms with E-state index in [0.717, 1.165) is 23.6 Å². The SMILES string of the molecule is FC(F)(F)c1cc2nc(Cl)sc2cn1. The van der Waals surface area contributed by atoms with Crippen molar-refractivity contribution in [2.24, 2.45) is 0 Å². The van der Waals surface area contributed by atoms with Gasteiger partial charge in [0.1, 0.15) is 5.69 Å². The maximum absolute atomic E-state index is 12.2. The summed E-state index contributed by atoms with van der Waals surface area (Å²) in [4.78, 5) is 7.01. The van der Waals surface area contributed by atoms with Gasteiger partial charge in [0.25, 0.3) is 0 Å². The van der Waals surface area contributed by atoms with Crippen LogP contribution >= 0.6 is 22.9 Å². The maximum atomic E-state index is 12.2. The zero-order valence-electron chi connectivity index (χ0n) is 6.47. The molecule has 0 aromatic carbocycles. The van der Waals surface area contributed by atoms with Gasteiger partial charge < -0.3 is 0 Å². The lowest BCUT2D eigenvalue weighted by Crippen LogP contribution is -2.06. The largest absolute Gasteiger partial charge is 0.433 e. The fourth-order valence-corrected chi connectivity index (χ4v) is 1.94. The first-order valence-electron chi connectivity index (χ1n) is 3.46. The summed E-state index contributed by atoms with van der Waals surface area (Å²) in [6, 6.07) is 0.887. The molecule has 74 valence electrons. The minimum absolute atomic E-state index is 0.209. The number of alkyl halides is 3. The van der Waals surface area contributed by atoms with Crippen molar-refractivity contribution in [3.63, 3.8) is 0 Å². The minimum Gasteiger partial charge on any atom is -0.250 e. The Balaban J connectivity index is 2.62. The molecular formula is C7H2ClF3N2S. The highest BCUT2D eigenvalue weighted by atomic mass is 35.5. The van der Waals surface area contributed by atoms with Crippen molar-refractivity contribution < 1.29 is 13.2 Å². The lowest BCUT2D eigenvalue weighted by atomic mass is 10.3. The third-order valence-electron chi connectivity index (χ3n) is 1.54. The summed E-state index contributed by atoms with van der Waals surface area (Å²) >= 11 is 6.64. The molecule has 2 heterocycles. The topological polar surface area (TPSA) is 25.8 Å².